The van der Waals surface area contributed by atoms with E-state index in [-0.39, 0.29) is 21.2 Å². The number of nitrogens with zero attached hydrogens (tertiary/aromatic N) is 1. The molecule has 1 aromatic rings. The highest BCUT2D eigenvalue weighted by molar-refractivity contribution is 8.16. The Balaban J connectivity index is 2.27. The predicted molar refractivity (Wildman–Crippen MR) is 75.3 cm³/mol. The first-order chi connectivity index (χ1) is 8.92. The van der Waals surface area contributed by atoms with E-state index in [4.69, 9.17) is 5.73 Å². The maximum atomic E-state index is 12.0. The van der Waals surface area contributed by atoms with E-state index in [1.807, 2.05) is 6.92 Å². The van der Waals surface area contributed by atoms with E-state index in [1.54, 1.807) is 0 Å². The van der Waals surface area contributed by atoms with E-state index in [2.05, 4.69) is 9.71 Å². The molecular weight excluding hydrogens is 286 g/mol. The zero-order valence-corrected chi connectivity index (χ0v) is 11.8. The molecule has 1 fully saturated rings. The first-order valence-electron chi connectivity index (χ1n) is 5.60. The van der Waals surface area contributed by atoms with Crippen LogP contribution in [-0.2, 0) is 14.8 Å². The number of carbonyl (C=O) groups excluding carboxylic acids is 1. The molecule has 1 saturated heterocycles. The van der Waals surface area contributed by atoms with E-state index in [0.29, 0.717) is 12.1 Å². The number of amides is 1. The second kappa shape index (κ2) is 5.22. The molecule has 0 radical (unpaired) electrons. The second-order valence-corrected chi connectivity index (χ2v) is 6.74. The molecule has 8 heteroatoms. The molecule has 2 rings (SSSR count). The van der Waals surface area contributed by atoms with E-state index >= 15 is 0 Å². The molecule has 0 aliphatic carbocycles. The van der Waals surface area contributed by atoms with Crippen molar-refractivity contribution < 1.29 is 13.2 Å². The molecule has 0 aromatic heterocycles. The van der Waals surface area contributed by atoms with E-state index < -0.39 is 10.0 Å². The number of sulfonamides is 1. The minimum atomic E-state index is -3.82. The van der Waals surface area contributed by atoms with Gasteiger partial charge in [0.15, 0.2) is 5.17 Å². The highest BCUT2D eigenvalue weighted by atomic mass is 32.2. The third-order valence-electron chi connectivity index (χ3n) is 2.53. The normalized spacial score (nSPS) is 21.6. The van der Waals surface area contributed by atoms with Gasteiger partial charge in [0.05, 0.1) is 10.1 Å². The number of amidine groups is 1. The lowest BCUT2D eigenvalue weighted by molar-refractivity contribution is -0.118. The number of benzene rings is 1. The zero-order chi connectivity index (χ0) is 14.0. The summed E-state index contributed by atoms with van der Waals surface area (Å²) in [5.74, 6) is -0.209. The SMILES string of the molecule is CCC1S/C(=N/S(=O)(=O)c2ccc(N)cc2)NC1=O. The molecule has 0 saturated carbocycles. The maximum absolute atomic E-state index is 12.0. The molecule has 0 spiro atoms. The summed E-state index contributed by atoms with van der Waals surface area (Å²) in [7, 11) is -3.82. The minimum absolute atomic E-state index is 0.0454. The van der Waals surface area contributed by atoms with Gasteiger partial charge in [0.1, 0.15) is 0 Å². The molecule has 1 aromatic carbocycles. The van der Waals surface area contributed by atoms with Crippen LogP contribution in [0.5, 0.6) is 0 Å². The molecule has 102 valence electrons. The van der Waals surface area contributed by atoms with Crippen molar-refractivity contribution in [3.8, 4) is 0 Å². The first-order valence-corrected chi connectivity index (χ1v) is 7.92. The van der Waals surface area contributed by atoms with Gasteiger partial charge in [0.25, 0.3) is 10.0 Å². The van der Waals surface area contributed by atoms with Gasteiger partial charge in [-0.15, -0.1) is 4.40 Å². The quantitative estimate of drug-likeness (QED) is 0.809. The standard InChI is InChI=1S/C11H13N3O3S2/c1-2-9-10(15)13-11(18-9)14-19(16,17)8-5-3-7(12)4-6-8/h3-6,9H,2,12H2,1H3,(H,13,14,15). The summed E-state index contributed by atoms with van der Waals surface area (Å²) in [6.07, 6.45) is 0.622. The lowest BCUT2D eigenvalue weighted by Crippen LogP contribution is -2.24. The average molecular weight is 299 g/mol. The molecular formula is C11H13N3O3S2. The number of anilines is 1. The van der Waals surface area contributed by atoms with Crippen molar-refractivity contribution in [3.63, 3.8) is 0 Å². The van der Waals surface area contributed by atoms with Gasteiger partial charge in [-0.25, -0.2) is 0 Å². The molecule has 0 bridgehead atoms. The number of rotatable bonds is 3. The monoisotopic (exact) mass is 299 g/mol. The number of nitrogens with one attached hydrogen (secondary N) is 1. The van der Waals surface area contributed by atoms with Crippen molar-refractivity contribution in [1.29, 1.82) is 0 Å². The molecule has 6 nitrogen and oxygen atoms in total. The summed E-state index contributed by atoms with van der Waals surface area (Å²) < 4.78 is 27.7. The van der Waals surface area contributed by atoms with Gasteiger partial charge in [0, 0.05) is 5.69 Å². The topological polar surface area (TPSA) is 102 Å². The smallest absolute Gasteiger partial charge is 0.284 e. The van der Waals surface area contributed by atoms with Crippen LogP contribution in [0.4, 0.5) is 5.69 Å². The number of hydrogen-bond donors (Lipinski definition) is 2. The third-order valence-corrected chi connectivity index (χ3v) is 5.18. The van der Waals surface area contributed by atoms with Crippen LogP contribution in [-0.4, -0.2) is 24.7 Å². The Morgan fingerprint density at radius 2 is 2.00 bits per heavy atom. The first kappa shape index (κ1) is 13.9. The summed E-state index contributed by atoms with van der Waals surface area (Å²) >= 11 is 1.13. The van der Waals surface area contributed by atoms with Crippen molar-refractivity contribution in [3.05, 3.63) is 24.3 Å². The highest BCUT2D eigenvalue weighted by Crippen LogP contribution is 2.24. The van der Waals surface area contributed by atoms with Crippen molar-refractivity contribution in [2.75, 3.05) is 5.73 Å². The average Bonchev–Trinajstić information content (AvgIpc) is 2.69. The Bertz CT molecular complexity index is 623. The number of hydrogen-bond acceptors (Lipinski definition) is 5. The summed E-state index contributed by atoms with van der Waals surface area (Å²) in [5, 5.41) is 2.30. The van der Waals surface area contributed by atoms with Crippen LogP contribution in [0.1, 0.15) is 13.3 Å². The van der Waals surface area contributed by atoms with Crippen molar-refractivity contribution in [2.24, 2.45) is 4.40 Å². The van der Waals surface area contributed by atoms with E-state index in [9.17, 15) is 13.2 Å². The van der Waals surface area contributed by atoms with Gasteiger partial charge in [-0.3, -0.25) is 4.79 Å². The van der Waals surface area contributed by atoms with Gasteiger partial charge in [-0.1, -0.05) is 18.7 Å². The van der Waals surface area contributed by atoms with Gasteiger partial charge < -0.3 is 11.1 Å². The van der Waals surface area contributed by atoms with E-state index in [0.717, 1.165) is 11.8 Å². The maximum Gasteiger partial charge on any atom is 0.284 e. The molecule has 1 atom stereocenters. The summed E-state index contributed by atoms with van der Waals surface area (Å²) in [4.78, 5) is 11.5. The van der Waals surface area contributed by atoms with Crippen LogP contribution in [0.25, 0.3) is 0 Å². The summed E-state index contributed by atoms with van der Waals surface area (Å²) in [5.41, 5.74) is 5.97. The Kier molecular flexibility index (Phi) is 3.81. The van der Waals surface area contributed by atoms with Crippen LogP contribution < -0.4 is 11.1 Å². The van der Waals surface area contributed by atoms with Crippen LogP contribution in [0.2, 0.25) is 0 Å². The van der Waals surface area contributed by atoms with Gasteiger partial charge in [-0.2, -0.15) is 8.42 Å². The Morgan fingerprint density at radius 3 is 2.53 bits per heavy atom. The van der Waals surface area contributed by atoms with Crippen LogP contribution in [0, 0.1) is 0 Å². The molecule has 1 heterocycles. The fraction of sp³-hybridized carbons (Fsp3) is 0.273. The number of thioether (sulfide) groups is 1. The minimum Gasteiger partial charge on any atom is -0.399 e. The van der Waals surface area contributed by atoms with Gasteiger partial charge >= 0.3 is 0 Å². The fourth-order valence-electron chi connectivity index (χ4n) is 1.52. The largest absolute Gasteiger partial charge is 0.399 e. The molecule has 3 N–H and O–H groups in total. The number of carbonyl (C=O) groups is 1. The summed E-state index contributed by atoms with van der Waals surface area (Å²) in [6.45, 7) is 1.86. The van der Waals surface area contributed by atoms with Crippen LogP contribution in [0.15, 0.2) is 33.6 Å². The van der Waals surface area contributed by atoms with Crippen LogP contribution in [0.3, 0.4) is 0 Å². The number of nitrogens with two attached hydrogens (primary N) is 1. The van der Waals surface area contributed by atoms with Crippen molar-refractivity contribution in [1.82, 2.24) is 5.32 Å². The fourth-order valence-corrected chi connectivity index (χ4v) is 3.60. The lowest BCUT2D eigenvalue weighted by atomic mass is 10.3. The zero-order valence-electron chi connectivity index (χ0n) is 10.2. The summed E-state index contributed by atoms with van der Waals surface area (Å²) in [6, 6.07) is 5.74. The van der Waals surface area contributed by atoms with Crippen LogP contribution >= 0.6 is 11.8 Å². The number of nitrogen functional groups attached to an aromatic ring is 1. The predicted octanol–water partition coefficient (Wildman–Crippen LogP) is 0.955. The van der Waals surface area contributed by atoms with Gasteiger partial charge in [0.2, 0.25) is 5.91 Å². The molecule has 1 amide bonds. The van der Waals surface area contributed by atoms with Crippen molar-refractivity contribution in [2.45, 2.75) is 23.5 Å². The Morgan fingerprint density at radius 1 is 1.37 bits per heavy atom. The molecule has 1 unspecified atom stereocenters. The van der Waals surface area contributed by atoms with Gasteiger partial charge in [-0.05, 0) is 30.7 Å². The molecule has 1 aliphatic rings. The van der Waals surface area contributed by atoms with E-state index in [1.165, 1.54) is 24.3 Å². The lowest BCUT2D eigenvalue weighted by Gasteiger charge is -2.00. The molecule has 19 heavy (non-hydrogen) atoms. The Hall–Kier alpha value is -1.54. The third kappa shape index (κ3) is 3.07. The van der Waals surface area contributed by atoms with Crippen molar-refractivity contribution >= 4 is 38.5 Å². The highest BCUT2D eigenvalue weighted by Gasteiger charge is 2.30. The second-order valence-electron chi connectivity index (χ2n) is 3.94. The Labute approximate surface area is 115 Å². The molecule has 1 aliphatic heterocycles.